The summed E-state index contributed by atoms with van der Waals surface area (Å²) in [5, 5.41) is 4.11. The van der Waals surface area contributed by atoms with Crippen LogP contribution in [0.3, 0.4) is 0 Å². The highest BCUT2D eigenvalue weighted by Gasteiger charge is 2.17. The van der Waals surface area contributed by atoms with E-state index in [1.807, 2.05) is 54.2 Å². The third-order valence-electron chi connectivity index (χ3n) is 3.09. The van der Waals surface area contributed by atoms with Crippen LogP contribution in [0.4, 0.5) is 0 Å². The molecule has 0 N–H and O–H groups in total. The van der Waals surface area contributed by atoms with E-state index in [1.54, 1.807) is 12.5 Å². The summed E-state index contributed by atoms with van der Waals surface area (Å²) in [5.74, 6) is 0.840. The minimum Gasteiger partial charge on any atom is -0.469 e. The summed E-state index contributed by atoms with van der Waals surface area (Å²) < 4.78 is 7.11. The van der Waals surface area contributed by atoms with Crippen molar-refractivity contribution >= 4 is 11.6 Å². The van der Waals surface area contributed by atoms with Crippen LogP contribution in [-0.2, 0) is 0 Å². The number of halogens is 1. The fraction of sp³-hybridized carbons (Fsp3) is 0.133. The predicted molar refractivity (Wildman–Crippen MR) is 74.7 cm³/mol. The number of aryl methyl sites for hydroxylation is 1. The van der Waals surface area contributed by atoms with Crippen LogP contribution >= 0.6 is 11.6 Å². The molecule has 96 valence electrons. The SMILES string of the molecule is Cc1occc1C(Cl)c1cnn(-c2ccccc2)c1. The zero-order valence-electron chi connectivity index (χ0n) is 10.5. The first-order valence-electron chi connectivity index (χ1n) is 6.04. The van der Waals surface area contributed by atoms with Crippen molar-refractivity contribution in [3.8, 4) is 5.69 Å². The van der Waals surface area contributed by atoms with Crippen LogP contribution in [0.25, 0.3) is 5.69 Å². The van der Waals surface area contributed by atoms with Gasteiger partial charge in [-0.05, 0) is 25.1 Å². The number of alkyl halides is 1. The molecule has 3 nitrogen and oxygen atoms in total. The summed E-state index contributed by atoms with van der Waals surface area (Å²) in [6.07, 6.45) is 5.39. The van der Waals surface area contributed by atoms with Gasteiger partial charge in [0.25, 0.3) is 0 Å². The molecule has 3 aromatic rings. The van der Waals surface area contributed by atoms with Crippen LogP contribution in [0.2, 0.25) is 0 Å². The van der Waals surface area contributed by atoms with Gasteiger partial charge in [-0.3, -0.25) is 0 Å². The molecule has 0 spiro atoms. The Morgan fingerprint density at radius 2 is 2.00 bits per heavy atom. The van der Waals surface area contributed by atoms with Crippen molar-refractivity contribution in [2.75, 3.05) is 0 Å². The molecule has 4 heteroatoms. The summed E-state index contributed by atoms with van der Waals surface area (Å²) in [6, 6.07) is 11.8. The van der Waals surface area contributed by atoms with Gasteiger partial charge in [0.1, 0.15) is 5.76 Å². The fourth-order valence-electron chi connectivity index (χ4n) is 2.03. The summed E-state index contributed by atoms with van der Waals surface area (Å²) in [4.78, 5) is 0. The van der Waals surface area contributed by atoms with E-state index in [4.69, 9.17) is 16.0 Å². The molecule has 1 unspecified atom stereocenters. The first-order valence-corrected chi connectivity index (χ1v) is 6.47. The van der Waals surface area contributed by atoms with Gasteiger partial charge < -0.3 is 4.42 Å². The van der Waals surface area contributed by atoms with Crippen molar-refractivity contribution in [2.45, 2.75) is 12.3 Å². The molecular weight excluding hydrogens is 260 g/mol. The van der Waals surface area contributed by atoms with Crippen LogP contribution in [0.1, 0.15) is 22.3 Å². The maximum absolute atomic E-state index is 6.47. The highest BCUT2D eigenvalue weighted by Crippen LogP contribution is 2.31. The Hall–Kier alpha value is -2.00. The van der Waals surface area contributed by atoms with E-state index in [0.717, 1.165) is 22.6 Å². The molecule has 0 aliphatic carbocycles. The average molecular weight is 273 g/mol. The normalized spacial score (nSPS) is 12.5. The lowest BCUT2D eigenvalue weighted by molar-refractivity contribution is 0.530. The van der Waals surface area contributed by atoms with Crippen LogP contribution in [0.15, 0.2) is 59.5 Å². The van der Waals surface area contributed by atoms with E-state index >= 15 is 0 Å². The van der Waals surface area contributed by atoms with E-state index in [1.165, 1.54) is 0 Å². The third kappa shape index (κ3) is 2.29. The lowest BCUT2D eigenvalue weighted by atomic mass is 10.1. The maximum atomic E-state index is 6.47. The smallest absolute Gasteiger partial charge is 0.105 e. The van der Waals surface area contributed by atoms with Gasteiger partial charge in [-0.15, -0.1) is 11.6 Å². The molecule has 0 fully saturated rings. The molecule has 0 aliphatic heterocycles. The van der Waals surface area contributed by atoms with Crippen molar-refractivity contribution in [3.05, 3.63) is 71.9 Å². The van der Waals surface area contributed by atoms with Crippen molar-refractivity contribution in [3.63, 3.8) is 0 Å². The highest BCUT2D eigenvalue weighted by molar-refractivity contribution is 6.22. The predicted octanol–water partition coefficient (Wildman–Crippen LogP) is 4.10. The van der Waals surface area contributed by atoms with Crippen LogP contribution in [0.5, 0.6) is 0 Å². The summed E-state index contributed by atoms with van der Waals surface area (Å²) in [6.45, 7) is 1.91. The molecular formula is C15H13ClN2O. The van der Waals surface area contributed by atoms with Crippen molar-refractivity contribution in [1.82, 2.24) is 9.78 Å². The first-order chi connectivity index (χ1) is 9.25. The summed E-state index contributed by atoms with van der Waals surface area (Å²) in [5.41, 5.74) is 2.95. The van der Waals surface area contributed by atoms with E-state index in [9.17, 15) is 0 Å². The van der Waals surface area contributed by atoms with Gasteiger partial charge in [-0.1, -0.05) is 18.2 Å². The van der Waals surface area contributed by atoms with Gasteiger partial charge in [-0.2, -0.15) is 5.10 Å². The number of hydrogen-bond acceptors (Lipinski definition) is 2. The highest BCUT2D eigenvalue weighted by atomic mass is 35.5. The molecule has 0 amide bonds. The van der Waals surface area contributed by atoms with E-state index < -0.39 is 0 Å². The Labute approximate surface area is 116 Å². The van der Waals surface area contributed by atoms with Gasteiger partial charge in [0, 0.05) is 17.3 Å². The van der Waals surface area contributed by atoms with Crippen LogP contribution in [0, 0.1) is 6.92 Å². The number of rotatable bonds is 3. The maximum Gasteiger partial charge on any atom is 0.105 e. The lowest BCUT2D eigenvalue weighted by Crippen LogP contribution is -1.94. The fourth-order valence-corrected chi connectivity index (χ4v) is 2.37. The Morgan fingerprint density at radius 3 is 2.68 bits per heavy atom. The number of hydrogen-bond donors (Lipinski definition) is 0. The molecule has 0 bridgehead atoms. The minimum absolute atomic E-state index is 0.240. The monoisotopic (exact) mass is 272 g/mol. The molecule has 2 heterocycles. The Kier molecular flexibility index (Phi) is 3.13. The Balaban J connectivity index is 1.92. The van der Waals surface area contributed by atoms with Crippen LogP contribution < -0.4 is 0 Å². The summed E-state index contributed by atoms with van der Waals surface area (Å²) >= 11 is 6.47. The number of benzene rings is 1. The number of aromatic nitrogens is 2. The second-order valence-electron chi connectivity index (χ2n) is 4.35. The molecule has 19 heavy (non-hydrogen) atoms. The second kappa shape index (κ2) is 4.94. The minimum atomic E-state index is -0.240. The van der Waals surface area contributed by atoms with Gasteiger partial charge >= 0.3 is 0 Å². The zero-order valence-corrected chi connectivity index (χ0v) is 11.2. The quantitative estimate of drug-likeness (QED) is 0.672. The topological polar surface area (TPSA) is 31.0 Å². The van der Waals surface area contributed by atoms with Crippen molar-refractivity contribution < 1.29 is 4.42 Å². The van der Waals surface area contributed by atoms with E-state index in [-0.39, 0.29) is 5.38 Å². The number of nitrogens with zero attached hydrogens (tertiary/aromatic N) is 2. The molecule has 3 rings (SSSR count). The van der Waals surface area contributed by atoms with E-state index in [0.29, 0.717) is 0 Å². The van der Waals surface area contributed by atoms with Gasteiger partial charge in [0.15, 0.2) is 0 Å². The molecule has 0 aliphatic rings. The molecule has 1 aromatic carbocycles. The Bertz CT molecular complexity index is 672. The molecule has 0 saturated carbocycles. The molecule has 1 atom stereocenters. The standard InChI is InChI=1S/C15H13ClN2O/c1-11-14(7-8-19-11)15(16)12-9-17-18(10-12)13-5-3-2-4-6-13/h2-10,15H,1H3. The largest absolute Gasteiger partial charge is 0.469 e. The van der Waals surface area contributed by atoms with E-state index in [2.05, 4.69) is 5.10 Å². The zero-order chi connectivity index (χ0) is 13.2. The molecule has 0 radical (unpaired) electrons. The average Bonchev–Trinajstić information content (AvgIpc) is 3.08. The lowest BCUT2D eigenvalue weighted by Gasteiger charge is -2.05. The summed E-state index contributed by atoms with van der Waals surface area (Å²) in [7, 11) is 0. The number of furan rings is 1. The third-order valence-corrected chi connectivity index (χ3v) is 3.58. The molecule has 0 saturated heterocycles. The molecule has 2 aromatic heterocycles. The second-order valence-corrected chi connectivity index (χ2v) is 4.78. The van der Waals surface area contributed by atoms with Crippen LogP contribution in [-0.4, -0.2) is 9.78 Å². The van der Waals surface area contributed by atoms with Gasteiger partial charge in [0.05, 0.1) is 23.5 Å². The Morgan fingerprint density at radius 1 is 1.21 bits per heavy atom. The van der Waals surface area contributed by atoms with Gasteiger partial charge in [-0.25, -0.2) is 4.68 Å². The van der Waals surface area contributed by atoms with Crippen molar-refractivity contribution in [2.24, 2.45) is 0 Å². The van der Waals surface area contributed by atoms with Gasteiger partial charge in [0.2, 0.25) is 0 Å². The first kappa shape index (κ1) is 12.1. The number of para-hydroxylation sites is 1. The van der Waals surface area contributed by atoms with Crippen molar-refractivity contribution in [1.29, 1.82) is 0 Å².